The van der Waals surface area contributed by atoms with E-state index in [0.29, 0.717) is 6.54 Å². The van der Waals surface area contributed by atoms with Gasteiger partial charge >= 0.3 is 0 Å². The third kappa shape index (κ3) is 2.35. The molecule has 4 heteroatoms. The van der Waals surface area contributed by atoms with E-state index in [1.807, 2.05) is 24.8 Å². The molecule has 2 aromatic heterocycles. The molecule has 0 fully saturated rings. The van der Waals surface area contributed by atoms with Crippen LogP contribution in [0.15, 0.2) is 49.1 Å². The summed E-state index contributed by atoms with van der Waals surface area (Å²) in [4.78, 5) is 8.68. The summed E-state index contributed by atoms with van der Waals surface area (Å²) in [7, 11) is 0. The van der Waals surface area contributed by atoms with Crippen molar-refractivity contribution in [3.63, 3.8) is 0 Å². The molecule has 0 radical (unpaired) electrons. The van der Waals surface area contributed by atoms with E-state index in [2.05, 4.69) is 38.8 Å². The topological polar surface area (TPSA) is 56.7 Å². The fourth-order valence-corrected chi connectivity index (χ4v) is 2.33. The predicted molar refractivity (Wildman–Crippen MR) is 75.8 cm³/mol. The molecule has 0 aliphatic rings. The smallest absolute Gasteiger partial charge is 0.0951 e. The van der Waals surface area contributed by atoms with Crippen molar-refractivity contribution >= 4 is 10.9 Å². The highest BCUT2D eigenvalue weighted by atomic mass is 15.0. The normalized spacial score (nSPS) is 11.0. The van der Waals surface area contributed by atoms with E-state index in [4.69, 9.17) is 5.73 Å². The van der Waals surface area contributed by atoms with Gasteiger partial charge in [-0.15, -0.1) is 0 Å². The number of benzene rings is 1. The van der Waals surface area contributed by atoms with Crippen LogP contribution in [0.3, 0.4) is 0 Å². The van der Waals surface area contributed by atoms with E-state index >= 15 is 0 Å². The summed E-state index contributed by atoms with van der Waals surface area (Å²) >= 11 is 0. The molecule has 0 aliphatic heterocycles. The average Bonchev–Trinajstić information content (AvgIpc) is 2.87. The van der Waals surface area contributed by atoms with E-state index in [9.17, 15) is 0 Å². The fourth-order valence-electron chi connectivity index (χ4n) is 2.33. The van der Waals surface area contributed by atoms with E-state index in [0.717, 1.165) is 24.2 Å². The van der Waals surface area contributed by atoms with Crippen molar-refractivity contribution in [1.82, 2.24) is 14.5 Å². The lowest BCUT2D eigenvalue weighted by molar-refractivity contribution is 0.735. The molecular formula is C15H16N4. The number of nitrogens with zero attached hydrogens (tertiary/aromatic N) is 3. The average molecular weight is 252 g/mol. The van der Waals surface area contributed by atoms with Gasteiger partial charge in [-0.25, -0.2) is 4.98 Å². The van der Waals surface area contributed by atoms with Crippen LogP contribution >= 0.6 is 0 Å². The lowest BCUT2D eigenvalue weighted by Crippen LogP contribution is -2.09. The first-order valence-corrected chi connectivity index (χ1v) is 6.40. The van der Waals surface area contributed by atoms with Crippen molar-refractivity contribution < 1.29 is 0 Å². The van der Waals surface area contributed by atoms with Gasteiger partial charge in [0, 0.05) is 29.9 Å². The Morgan fingerprint density at radius 2 is 2.05 bits per heavy atom. The molecule has 3 aromatic rings. The molecule has 0 aliphatic carbocycles. The van der Waals surface area contributed by atoms with Gasteiger partial charge in [-0.05, 0) is 18.2 Å². The number of nitrogens with two attached hydrogens (primary N) is 1. The zero-order valence-electron chi connectivity index (χ0n) is 10.7. The van der Waals surface area contributed by atoms with E-state index in [-0.39, 0.29) is 0 Å². The molecule has 1 aromatic carbocycles. The Hall–Kier alpha value is -2.20. The summed E-state index contributed by atoms with van der Waals surface area (Å²) in [5, 5.41) is 1.17. The van der Waals surface area contributed by atoms with Gasteiger partial charge < -0.3 is 10.3 Å². The zero-order chi connectivity index (χ0) is 13.1. The lowest BCUT2D eigenvalue weighted by atomic mass is 10.1. The minimum atomic E-state index is 0.638. The first-order chi connectivity index (χ1) is 9.38. The second-order valence-corrected chi connectivity index (χ2v) is 4.54. The summed E-state index contributed by atoms with van der Waals surface area (Å²) < 4.78 is 2.14. The molecule has 0 unspecified atom stereocenters. The maximum atomic E-state index is 5.62. The molecule has 2 N–H and O–H groups in total. The van der Waals surface area contributed by atoms with Crippen LogP contribution in [0.4, 0.5) is 0 Å². The summed E-state index contributed by atoms with van der Waals surface area (Å²) in [5.41, 5.74) is 9.04. The van der Waals surface area contributed by atoms with Gasteiger partial charge in [0.15, 0.2) is 0 Å². The summed E-state index contributed by atoms with van der Waals surface area (Å²) in [5.74, 6) is 0. The van der Waals surface area contributed by atoms with Crippen LogP contribution in [0.5, 0.6) is 0 Å². The Labute approximate surface area is 111 Å². The molecule has 0 atom stereocenters. The molecule has 2 heterocycles. The van der Waals surface area contributed by atoms with Gasteiger partial charge in [-0.3, -0.25) is 4.98 Å². The Balaban J connectivity index is 1.99. The molecule has 0 spiro atoms. The fraction of sp³-hybridized carbons (Fsp3) is 0.200. The standard InChI is InChI=1S/C15H16N4/c16-7-6-14-9-17-11-19(14)10-13-4-1-3-12-5-2-8-18-15(12)13/h1-5,8-9,11H,6-7,10,16H2. The van der Waals surface area contributed by atoms with Gasteiger partial charge in [0.05, 0.1) is 18.4 Å². The Bertz CT molecular complexity index is 682. The summed E-state index contributed by atoms with van der Waals surface area (Å²) in [6, 6.07) is 10.3. The van der Waals surface area contributed by atoms with Crippen LogP contribution in [0.2, 0.25) is 0 Å². The van der Waals surface area contributed by atoms with Crippen molar-refractivity contribution in [2.24, 2.45) is 5.73 Å². The first-order valence-electron chi connectivity index (χ1n) is 6.40. The van der Waals surface area contributed by atoms with Crippen molar-refractivity contribution in [1.29, 1.82) is 0 Å². The molecule has 19 heavy (non-hydrogen) atoms. The first kappa shape index (κ1) is 11.9. The quantitative estimate of drug-likeness (QED) is 0.772. The second kappa shape index (κ2) is 5.20. The van der Waals surface area contributed by atoms with Crippen LogP contribution in [0, 0.1) is 0 Å². The van der Waals surface area contributed by atoms with E-state index in [1.54, 1.807) is 0 Å². The molecule has 0 bridgehead atoms. The molecule has 3 rings (SSSR count). The van der Waals surface area contributed by atoms with Gasteiger partial charge in [-0.1, -0.05) is 24.3 Å². The molecule has 4 nitrogen and oxygen atoms in total. The number of pyridine rings is 1. The molecular weight excluding hydrogens is 236 g/mol. The minimum absolute atomic E-state index is 0.638. The van der Waals surface area contributed by atoms with Crippen LogP contribution in [-0.2, 0) is 13.0 Å². The largest absolute Gasteiger partial charge is 0.330 e. The Kier molecular flexibility index (Phi) is 3.25. The molecule has 0 amide bonds. The van der Waals surface area contributed by atoms with Crippen molar-refractivity contribution in [3.05, 3.63) is 60.3 Å². The number of para-hydroxylation sites is 1. The van der Waals surface area contributed by atoms with Crippen LogP contribution < -0.4 is 5.73 Å². The zero-order valence-corrected chi connectivity index (χ0v) is 10.7. The SMILES string of the molecule is NCCc1cncn1Cc1cccc2cccnc12. The number of imidazole rings is 1. The highest BCUT2D eigenvalue weighted by molar-refractivity contribution is 5.81. The molecule has 0 saturated carbocycles. The van der Waals surface area contributed by atoms with Crippen molar-refractivity contribution in [3.8, 4) is 0 Å². The van der Waals surface area contributed by atoms with E-state index < -0.39 is 0 Å². The van der Waals surface area contributed by atoms with Gasteiger partial charge in [0.1, 0.15) is 0 Å². The van der Waals surface area contributed by atoms with Gasteiger partial charge in [0.25, 0.3) is 0 Å². The van der Waals surface area contributed by atoms with Crippen LogP contribution in [0.25, 0.3) is 10.9 Å². The molecule has 0 saturated heterocycles. The number of hydrogen-bond donors (Lipinski definition) is 1. The summed E-state index contributed by atoms with van der Waals surface area (Å²) in [6.07, 6.45) is 6.41. The third-order valence-corrected chi connectivity index (χ3v) is 3.26. The van der Waals surface area contributed by atoms with Crippen LogP contribution in [-0.4, -0.2) is 21.1 Å². The number of hydrogen-bond acceptors (Lipinski definition) is 3. The third-order valence-electron chi connectivity index (χ3n) is 3.26. The summed E-state index contributed by atoms with van der Waals surface area (Å²) in [6.45, 7) is 1.42. The lowest BCUT2D eigenvalue weighted by Gasteiger charge is -2.09. The van der Waals surface area contributed by atoms with Crippen LogP contribution in [0.1, 0.15) is 11.3 Å². The Morgan fingerprint density at radius 3 is 2.95 bits per heavy atom. The maximum absolute atomic E-state index is 5.62. The van der Waals surface area contributed by atoms with Crippen molar-refractivity contribution in [2.45, 2.75) is 13.0 Å². The number of rotatable bonds is 4. The van der Waals surface area contributed by atoms with E-state index in [1.165, 1.54) is 10.9 Å². The molecule has 96 valence electrons. The minimum Gasteiger partial charge on any atom is -0.330 e. The highest BCUT2D eigenvalue weighted by Crippen LogP contribution is 2.17. The number of aromatic nitrogens is 3. The van der Waals surface area contributed by atoms with Crippen molar-refractivity contribution in [2.75, 3.05) is 6.54 Å². The second-order valence-electron chi connectivity index (χ2n) is 4.54. The Morgan fingerprint density at radius 1 is 1.16 bits per heavy atom. The van der Waals surface area contributed by atoms with Gasteiger partial charge in [0.2, 0.25) is 0 Å². The predicted octanol–water partition coefficient (Wildman–Crippen LogP) is 1.98. The monoisotopic (exact) mass is 252 g/mol. The maximum Gasteiger partial charge on any atom is 0.0951 e. The number of fused-ring (bicyclic) bond motifs is 1. The highest BCUT2D eigenvalue weighted by Gasteiger charge is 2.05. The van der Waals surface area contributed by atoms with Gasteiger partial charge in [-0.2, -0.15) is 0 Å².